The molecule has 5 nitrogen and oxygen atoms in total. The van der Waals surface area contributed by atoms with E-state index in [0.717, 1.165) is 16.9 Å². The van der Waals surface area contributed by atoms with Gasteiger partial charge >= 0.3 is 0 Å². The van der Waals surface area contributed by atoms with E-state index in [1.807, 2.05) is 31.2 Å². The highest BCUT2D eigenvalue weighted by atomic mass is 32.2. The standard InChI is InChI=1S/C25H25NO4S/c1-17-8-14-21(15-9-17)31(28,29)26-16-23(25(27)22-6-4-5-7-24(22)26)18(2)19-10-12-20(30-3)13-11-19/h4-15,23,25,27H,2,16H2,1,3H3. The lowest BCUT2D eigenvalue weighted by atomic mass is 9.83. The summed E-state index contributed by atoms with van der Waals surface area (Å²) >= 11 is 0. The average Bonchev–Trinajstić information content (AvgIpc) is 2.79. The fourth-order valence-corrected chi connectivity index (χ4v) is 5.46. The summed E-state index contributed by atoms with van der Waals surface area (Å²) in [6, 6.07) is 21.3. The molecule has 31 heavy (non-hydrogen) atoms. The van der Waals surface area contributed by atoms with Crippen LogP contribution in [0.25, 0.3) is 5.57 Å². The lowest BCUT2D eigenvalue weighted by Gasteiger charge is -2.39. The molecule has 0 fully saturated rings. The molecule has 160 valence electrons. The third-order valence-electron chi connectivity index (χ3n) is 5.79. The third kappa shape index (κ3) is 3.84. The molecule has 0 saturated heterocycles. The maximum atomic E-state index is 13.6. The first kappa shape index (κ1) is 21.2. The molecule has 1 heterocycles. The first-order valence-electron chi connectivity index (χ1n) is 10.0. The van der Waals surface area contributed by atoms with Crippen molar-refractivity contribution in [1.82, 2.24) is 0 Å². The Morgan fingerprint density at radius 2 is 1.68 bits per heavy atom. The van der Waals surface area contributed by atoms with Gasteiger partial charge in [0.05, 0.1) is 23.8 Å². The van der Waals surface area contributed by atoms with Crippen molar-refractivity contribution in [2.45, 2.75) is 17.9 Å². The number of hydrogen-bond donors (Lipinski definition) is 1. The summed E-state index contributed by atoms with van der Waals surface area (Å²) in [7, 11) is -2.22. The highest BCUT2D eigenvalue weighted by molar-refractivity contribution is 7.92. The predicted molar refractivity (Wildman–Crippen MR) is 123 cm³/mol. The van der Waals surface area contributed by atoms with Gasteiger partial charge in [-0.05, 0) is 48.4 Å². The van der Waals surface area contributed by atoms with Crippen LogP contribution in [0.5, 0.6) is 5.75 Å². The van der Waals surface area contributed by atoms with Crippen LogP contribution in [0, 0.1) is 12.8 Å². The van der Waals surface area contributed by atoms with Crippen LogP contribution in [0.3, 0.4) is 0 Å². The molecule has 0 amide bonds. The minimum absolute atomic E-state index is 0.0965. The second-order valence-corrected chi connectivity index (χ2v) is 9.58. The minimum atomic E-state index is -3.81. The predicted octanol–water partition coefficient (Wildman–Crippen LogP) is 4.58. The SMILES string of the molecule is C=C(c1ccc(OC)cc1)C1CN(S(=O)(=O)c2ccc(C)cc2)c2ccccc2C1O. The fourth-order valence-electron chi connectivity index (χ4n) is 3.94. The van der Waals surface area contributed by atoms with Gasteiger partial charge in [0, 0.05) is 18.0 Å². The van der Waals surface area contributed by atoms with E-state index >= 15 is 0 Å². The molecule has 0 aromatic heterocycles. The van der Waals surface area contributed by atoms with E-state index in [0.29, 0.717) is 16.8 Å². The number of rotatable bonds is 5. The Kier molecular flexibility index (Phi) is 5.60. The Labute approximate surface area is 183 Å². The molecule has 0 radical (unpaired) electrons. The molecule has 2 unspecified atom stereocenters. The van der Waals surface area contributed by atoms with Gasteiger partial charge in [-0.3, -0.25) is 4.31 Å². The number of aliphatic hydroxyl groups is 1. The van der Waals surface area contributed by atoms with E-state index in [4.69, 9.17) is 4.74 Å². The Bertz CT molecular complexity index is 1200. The van der Waals surface area contributed by atoms with Gasteiger partial charge < -0.3 is 9.84 Å². The van der Waals surface area contributed by atoms with E-state index < -0.39 is 22.0 Å². The zero-order valence-corrected chi connectivity index (χ0v) is 18.3. The van der Waals surface area contributed by atoms with Crippen LogP contribution in [0.4, 0.5) is 5.69 Å². The number of nitrogens with zero attached hydrogens (tertiary/aromatic N) is 1. The van der Waals surface area contributed by atoms with E-state index in [-0.39, 0.29) is 11.4 Å². The maximum Gasteiger partial charge on any atom is 0.264 e. The van der Waals surface area contributed by atoms with Gasteiger partial charge in [-0.25, -0.2) is 8.42 Å². The van der Waals surface area contributed by atoms with Crippen LogP contribution in [0.2, 0.25) is 0 Å². The van der Waals surface area contributed by atoms with Crippen LogP contribution < -0.4 is 9.04 Å². The molecule has 1 N–H and O–H groups in total. The van der Waals surface area contributed by atoms with Crippen LogP contribution in [-0.2, 0) is 10.0 Å². The summed E-state index contributed by atoms with van der Waals surface area (Å²) in [5, 5.41) is 11.1. The molecule has 4 rings (SSSR count). The number of anilines is 1. The van der Waals surface area contributed by atoms with E-state index in [1.54, 1.807) is 55.6 Å². The first-order valence-corrected chi connectivity index (χ1v) is 11.5. The van der Waals surface area contributed by atoms with Gasteiger partial charge in [-0.1, -0.05) is 54.6 Å². The summed E-state index contributed by atoms with van der Waals surface area (Å²) in [5.41, 5.74) is 3.56. The van der Waals surface area contributed by atoms with Gasteiger partial charge in [0.1, 0.15) is 5.75 Å². The number of methoxy groups -OCH3 is 1. The lowest BCUT2D eigenvalue weighted by molar-refractivity contribution is 0.135. The summed E-state index contributed by atoms with van der Waals surface area (Å²) < 4.78 is 33.7. The molecule has 6 heteroatoms. The number of aryl methyl sites for hydroxylation is 1. The number of hydrogen-bond acceptors (Lipinski definition) is 4. The van der Waals surface area contributed by atoms with E-state index in [9.17, 15) is 13.5 Å². The molecule has 0 spiro atoms. The number of para-hydroxylation sites is 1. The minimum Gasteiger partial charge on any atom is -0.497 e. The maximum absolute atomic E-state index is 13.6. The molecular weight excluding hydrogens is 410 g/mol. The number of benzene rings is 3. The highest BCUT2D eigenvalue weighted by Gasteiger charge is 2.39. The van der Waals surface area contributed by atoms with Crippen molar-refractivity contribution in [2.75, 3.05) is 18.0 Å². The molecule has 3 aromatic rings. The van der Waals surface area contributed by atoms with Crippen molar-refractivity contribution >= 4 is 21.3 Å². The zero-order valence-electron chi connectivity index (χ0n) is 17.5. The van der Waals surface area contributed by atoms with Crippen LogP contribution >= 0.6 is 0 Å². The first-order chi connectivity index (χ1) is 14.8. The monoisotopic (exact) mass is 435 g/mol. The molecule has 2 atom stereocenters. The highest BCUT2D eigenvalue weighted by Crippen LogP contribution is 2.44. The Morgan fingerprint density at radius 3 is 2.32 bits per heavy atom. The van der Waals surface area contributed by atoms with Gasteiger partial charge in [0.2, 0.25) is 0 Å². The Hall–Kier alpha value is -3.09. The van der Waals surface area contributed by atoms with Crippen molar-refractivity contribution in [1.29, 1.82) is 0 Å². The van der Waals surface area contributed by atoms with Crippen LogP contribution in [-0.4, -0.2) is 27.2 Å². The zero-order chi connectivity index (χ0) is 22.2. The second kappa shape index (κ2) is 8.21. The quantitative estimate of drug-likeness (QED) is 0.637. The van der Waals surface area contributed by atoms with Crippen molar-refractivity contribution in [3.63, 3.8) is 0 Å². The van der Waals surface area contributed by atoms with Gasteiger partial charge in [0.25, 0.3) is 10.0 Å². The van der Waals surface area contributed by atoms with Gasteiger partial charge in [0.15, 0.2) is 0 Å². The molecule has 1 aliphatic heterocycles. The van der Waals surface area contributed by atoms with Crippen molar-refractivity contribution in [2.24, 2.45) is 5.92 Å². The van der Waals surface area contributed by atoms with E-state index in [1.165, 1.54) is 4.31 Å². The Balaban J connectivity index is 1.76. The number of sulfonamides is 1. The summed E-state index contributed by atoms with van der Waals surface area (Å²) in [6.45, 7) is 6.22. The van der Waals surface area contributed by atoms with Crippen LogP contribution in [0.1, 0.15) is 22.8 Å². The number of fused-ring (bicyclic) bond motifs is 1. The van der Waals surface area contributed by atoms with Gasteiger partial charge in [-0.15, -0.1) is 0 Å². The van der Waals surface area contributed by atoms with Crippen molar-refractivity contribution in [3.8, 4) is 5.75 Å². The van der Waals surface area contributed by atoms with Crippen molar-refractivity contribution < 1.29 is 18.3 Å². The largest absolute Gasteiger partial charge is 0.497 e. The smallest absolute Gasteiger partial charge is 0.264 e. The number of aliphatic hydroxyl groups excluding tert-OH is 1. The van der Waals surface area contributed by atoms with E-state index in [2.05, 4.69) is 6.58 Å². The summed E-state index contributed by atoms with van der Waals surface area (Å²) in [6.07, 6.45) is -0.865. The van der Waals surface area contributed by atoms with Gasteiger partial charge in [-0.2, -0.15) is 0 Å². The summed E-state index contributed by atoms with van der Waals surface area (Å²) in [5.74, 6) is 0.221. The molecule has 0 saturated carbocycles. The van der Waals surface area contributed by atoms with Crippen LogP contribution in [0.15, 0.2) is 84.3 Å². The number of ether oxygens (including phenoxy) is 1. The molecular formula is C25H25NO4S. The second-order valence-electron chi connectivity index (χ2n) is 7.71. The fraction of sp³-hybridized carbons (Fsp3) is 0.200. The molecule has 0 aliphatic carbocycles. The third-order valence-corrected chi connectivity index (χ3v) is 7.58. The average molecular weight is 436 g/mol. The van der Waals surface area contributed by atoms with Crippen molar-refractivity contribution in [3.05, 3.63) is 96.1 Å². The molecule has 1 aliphatic rings. The Morgan fingerprint density at radius 1 is 1.03 bits per heavy atom. The topological polar surface area (TPSA) is 66.8 Å². The normalized spacial score (nSPS) is 18.4. The molecule has 3 aromatic carbocycles. The molecule has 0 bridgehead atoms. The lowest BCUT2D eigenvalue weighted by Crippen LogP contribution is -2.42. The summed E-state index contributed by atoms with van der Waals surface area (Å²) in [4.78, 5) is 0.220.